The van der Waals surface area contributed by atoms with Crippen LogP contribution < -0.4 is 5.32 Å². The first kappa shape index (κ1) is 14.8. The molecule has 0 aliphatic rings. The predicted molar refractivity (Wildman–Crippen MR) is 95.5 cm³/mol. The topological polar surface area (TPSA) is 68.5 Å². The third-order valence-corrected chi connectivity index (χ3v) is 4.95. The minimum atomic E-state index is 0.667. The van der Waals surface area contributed by atoms with Gasteiger partial charge in [-0.3, -0.25) is 4.57 Å². The van der Waals surface area contributed by atoms with Gasteiger partial charge in [0, 0.05) is 30.0 Å². The van der Waals surface area contributed by atoms with Crippen LogP contribution in [0, 0.1) is 0 Å². The second-order valence-electron chi connectivity index (χ2n) is 5.36. The monoisotopic (exact) mass is 336 g/mol. The number of aryl methyl sites for hydroxylation is 1. The summed E-state index contributed by atoms with van der Waals surface area (Å²) >= 11 is 1.72. The van der Waals surface area contributed by atoms with Gasteiger partial charge in [0.05, 0.1) is 5.39 Å². The first-order chi connectivity index (χ1) is 11.8. The molecular weight excluding hydrogens is 320 g/mol. The highest BCUT2D eigenvalue weighted by molar-refractivity contribution is 7.18. The molecule has 4 rings (SSSR count). The zero-order chi connectivity index (χ0) is 16.4. The SMILES string of the molecule is CCc1cc2c(NCc3ccc(-n4ccnc4)nc3)ncnc2s1. The molecule has 0 radical (unpaired) electrons. The van der Waals surface area contributed by atoms with Gasteiger partial charge in [0.15, 0.2) is 0 Å². The minimum Gasteiger partial charge on any atom is -0.365 e. The number of anilines is 1. The molecule has 120 valence electrons. The van der Waals surface area contributed by atoms with E-state index in [1.54, 1.807) is 30.2 Å². The average Bonchev–Trinajstić information content (AvgIpc) is 3.29. The highest BCUT2D eigenvalue weighted by Gasteiger charge is 2.08. The summed E-state index contributed by atoms with van der Waals surface area (Å²) in [6.07, 6.45) is 9.84. The molecule has 6 nitrogen and oxygen atoms in total. The smallest absolute Gasteiger partial charge is 0.138 e. The molecular formula is C17H16N6S. The number of imidazole rings is 1. The number of nitrogens with zero attached hydrogens (tertiary/aromatic N) is 5. The molecule has 4 aromatic heterocycles. The van der Waals surface area contributed by atoms with Crippen LogP contribution in [0.15, 0.2) is 49.4 Å². The Bertz CT molecular complexity index is 943. The van der Waals surface area contributed by atoms with Gasteiger partial charge < -0.3 is 5.32 Å². The molecule has 0 bridgehead atoms. The van der Waals surface area contributed by atoms with E-state index in [2.05, 4.69) is 44.3 Å². The third-order valence-electron chi connectivity index (χ3n) is 3.77. The molecule has 0 aliphatic heterocycles. The standard InChI is InChI=1S/C17H16N6S/c1-2-13-7-14-16(21-10-22-17(14)24-13)20-9-12-3-4-15(19-8-12)23-6-5-18-11-23/h3-8,10-11H,2,9H2,1H3,(H,20,21,22). The Hall–Kier alpha value is -2.80. The normalized spacial score (nSPS) is 11.0. The Morgan fingerprint density at radius 2 is 2.17 bits per heavy atom. The van der Waals surface area contributed by atoms with Crippen LogP contribution in [0.25, 0.3) is 16.0 Å². The average molecular weight is 336 g/mol. The zero-order valence-corrected chi connectivity index (χ0v) is 14.0. The van der Waals surface area contributed by atoms with Crippen LogP contribution >= 0.6 is 11.3 Å². The number of aromatic nitrogens is 5. The van der Waals surface area contributed by atoms with Crippen LogP contribution in [0.5, 0.6) is 0 Å². The molecule has 7 heteroatoms. The second kappa shape index (κ2) is 6.37. The lowest BCUT2D eigenvalue weighted by molar-refractivity contribution is 0.977. The summed E-state index contributed by atoms with van der Waals surface area (Å²) in [5, 5.41) is 4.48. The fourth-order valence-corrected chi connectivity index (χ4v) is 3.41. The van der Waals surface area contributed by atoms with Gasteiger partial charge in [0.1, 0.15) is 29.1 Å². The summed E-state index contributed by atoms with van der Waals surface area (Å²) in [7, 11) is 0. The van der Waals surface area contributed by atoms with Gasteiger partial charge in [-0.15, -0.1) is 11.3 Å². The molecule has 4 heterocycles. The summed E-state index contributed by atoms with van der Waals surface area (Å²) in [6.45, 7) is 2.82. The predicted octanol–water partition coefficient (Wildman–Crippen LogP) is 3.45. The lowest BCUT2D eigenvalue weighted by atomic mass is 10.2. The van der Waals surface area contributed by atoms with E-state index in [-0.39, 0.29) is 0 Å². The van der Waals surface area contributed by atoms with Crippen molar-refractivity contribution >= 4 is 27.4 Å². The van der Waals surface area contributed by atoms with Gasteiger partial charge in [0.2, 0.25) is 0 Å². The zero-order valence-electron chi connectivity index (χ0n) is 13.2. The summed E-state index contributed by atoms with van der Waals surface area (Å²) in [4.78, 5) is 19.6. The maximum Gasteiger partial charge on any atom is 0.138 e. The fraction of sp³-hybridized carbons (Fsp3) is 0.176. The second-order valence-corrected chi connectivity index (χ2v) is 6.47. The summed E-state index contributed by atoms with van der Waals surface area (Å²) < 4.78 is 1.88. The number of pyridine rings is 1. The van der Waals surface area contributed by atoms with Crippen LogP contribution in [-0.2, 0) is 13.0 Å². The molecule has 0 amide bonds. The van der Waals surface area contributed by atoms with Crippen molar-refractivity contribution in [1.29, 1.82) is 0 Å². The molecule has 0 unspecified atom stereocenters. The molecule has 1 N–H and O–H groups in total. The van der Waals surface area contributed by atoms with Crippen LogP contribution in [-0.4, -0.2) is 24.5 Å². The van der Waals surface area contributed by atoms with Crippen molar-refractivity contribution in [3.63, 3.8) is 0 Å². The van der Waals surface area contributed by atoms with Gasteiger partial charge in [0.25, 0.3) is 0 Å². The van der Waals surface area contributed by atoms with E-state index < -0.39 is 0 Å². The largest absolute Gasteiger partial charge is 0.365 e. The van der Waals surface area contributed by atoms with Crippen LogP contribution in [0.4, 0.5) is 5.82 Å². The molecule has 4 aromatic rings. The molecule has 0 atom stereocenters. The molecule has 0 fully saturated rings. The summed E-state index contributed by atoms with van der Waals surface area (Å²) in [6, 6.07) is 6.20. The molecule has 24 heavy (non-hydrogen) atoms. The highest BCUT2D eigenvalue weighted by Crippen LogP contribution is 2.28. The lowest BCUT2D eigenvalue weighted by Gasteiger charge is -2.07. The van der Waals surface area contributed by atoms with E-state index in [0.717, 1.165) is 33.8 Å². The first-order valence-corrected chi connectivity index (χ1v) is 8.55. The summed E-state index contributed by atoms with van der Waals surface area (Å²) in [5.41, 5.74) is 1.09. The van der Waals surface area contributed by atoms with Crippen molar-refractivity contribution in [1.82, 2.24) is 24.5 Å². The molecule has 0 spiro atoms. The Morgan fingerprint density at radius 1 is 1.21 bits per heavy atom. The number of rotatable bonds is 5. The van der Waals surface area contributed by atoms with Gasteiger partial charge in [-0.25, -0.2) is 19.9 Å². The van der Waals surface area contributed by atoms with Crippen LogP contribution in [0.1, 0.15) is 17.4 Å². The minimum absolute atomic E-state index is 0.667. The lowest BCUT2D eigenvalue weighted by Crippen LogP contribution is -2.03. The highest BCUT2D eigenvalue weighted by atomic mass is 32.1. The van der Waals surface area contributed by atoms with E-state index in [1.165, 1.54) is 4.88 Å². The third kappa shape index (κ3) is 2.85. The molecule has 0 aromatic carbocycles. The van der Waals surface area contributed by atoms with Crippen LogP contribution in [0.3, 0.4) is 0 Å². The number of hydrogen-bond donors (Lipinski definition) is 1. The first-order valence-electron chi connectivity index (χ1n) is 7.74. The van der Waals surface area contributed by atoms with Crippen molar-refractivity contribution in [2.75, 3.05) is 5.32 Å². The van der Waals surface area contributed by atoms with Crippen molar-refractivity contribution in [3.8, 4) is 5.82 Å². The van der Waals surface area contributed by atoms with Crippen molar-refractivity contribution < 1.29 is 0 Å². The Morgan fingerprint density at radius 3 is 2.92 bits per heavy atom. The quantitative estimate of drug-likeness (QED) is 0.604. The Kier molecular flexibility index (Phi) is 3.92. The number of thiophene rings is 1. The van der Waals surface area contributed by atoms with Crippen molar-refractivity contribution in [2.45, 2.75) is 19.9 Å². The van der Waals surface area contributed by atoms with E-state index in [0.29, 0.717) is 6.54 Å². The summed E-state index contributed by atoms with van der Waals surface area (Å²) in [5.74, 6) is 1.72. The fourth-order valence-electron chi connectivity index (χ4n) is 2.47. The van der Waals surface area contributed by atoms with Crippen molar-refractivity contribution in [2.24, 2.45) is 0 Å². The molecule has 0 saturated carbocycles. The van der Waals surface area contributed by atoms with E-state index >= 15 is 0 Å². The van der Waals surface area contributed by atoms with Gasteiger partial charge >= 0.3 is 0 Å². The number of fused-ring (bicyclic) bond motifs is 1. The van der Waals surface area contributed by atoms with Gasteiger partial charge in [-0.1, -0.05) is 13.0 Å². The number of hydrogen-bond acceptors (Lipinski definition) is 6. The number of nitrogens with one attached hydrogen (secondary N) is 1. The van der Waals surface area contributed by atoms with Gasteiger partial charge in [-0.2, -0.15) is 0 Å². The maximum absolute atomic E-state index is 4.47. The van der Waals surface area contributed by atoms with Gasteiger partial charge in [-0.05, 0) is 24.1 Å². The van der Waals surface area contributed by atoms with E-state index in [9.17, 15) is 0 Å². The molecule has 0 saturated heterocycles. The van der Waals surface area contributed by atoms with E-state index in [4.69, 9.17) is 0 Å². The van der Waals surface area contributed by atoms with E-state index in [1.807, 2.05) is 23.0 Å². The Balaban J connectivity index is 1.51. The Labute approximate surface area is 143 Å². The van der Waals surface area contributed by atoms with Crippen molar-refractivity contribution in [3.05, 3.63) is 59.9 Å². The maximum atomic E-state index is 4.47. The molecule has 0 aliphatic carbocycles. The van der Waals surface area contributed by atoms with Crippen LogP contribution in [0.2, 0.25) is 0 Å².